The van der Waals surface area contributed by atoms with Gasteiger partial charge in [-0.2, -0.15) is 5.26 Å². The summed E-state index contributed by atoms with van der Waals surface area (Å²) in [6.45, 7) is 0.487. The number of hydrogen-bond acceptors (Lipinski definition) is 5. The molecule has 0 unspecified atom stereocenters. The monoisotopic (exact) mass is 355 g/mol. The number of rotatable bonds is 7. The van der Waals surface area contributed by atoms with Crippen LogP contribution < -0.4 is 4.74 Å². The maximum absolute atomic E-state index is 11.7. The lowest BCUT2D eigenvalue weighted by molar-refractivity contribution is -0.385. The topological polar surface area (TPSA) is 96.5 Å². The van der Waals surface area contributed by atoms with Gasteiger partial charge in [0.15, 0.2) is 0 Å². The Morgan fingerprint density at radius 3 is 2.86 bits per heavy atom. The molecule has 1 amide bonds. The summed E-state index contributed by atoms with van der Waals surface area (Å²) >= 11 is 3.16. The lowest BCUT2D eigenvalue weighted by Gasteiger charge is -2.15. The van der Waals surface area contributed by atoms with Gasteiger partial charge in [0.1, 0.15) is 5.75 Å². The standard InChI is InChI=1S/C13H14BrN3O4/c1-16(5-2-4-15)13(18)3-6-21-12-8-10(14)7-11(9-12)17(19)20/h7-9H,2-3,5-6H2,1H3. The number of amides is 1. The van der Waals surface area contributed by atoms with Crippen LogP contribution >= 0.6 is 15.9 Å². The molecule has 0 aliphatic rings. The third-order valence-electron chi connectivity index (χ3n) is 2.64. The summed E-state index contributed by atoms with van der Waals surface area (Å²) in [6.07, 6.45) is 0.420. The van der Waals surface area contributed by atoms with E-state index in [0.29, 0.717) is 16.8 Å². The average Bonchev–Trinajstić information content (AvgIpc) is 2.43. The summed E-state index contributed by atoms with van der Waals surface area (Å²) in [4.78, 5) is 23.4. The smallest absolute Gasteiger partial charge is 0.274 e. The average molecular weight is 356 g/mol. The van der Waals surface area contributed by atoms with Crippen molar-refractivity contribution in [2.45, 2.75) is 12.8 Å². The normalized spacial score (nSPS) is 9.76. The first-order valence-electron chi connectivity index (χ1n) is 6.12. The Balaban J connectivity index is 2.51. The van der Waals surface area contributed by atoms with E-state index >= 15 is 0 Å². The molecule has 0 spiro atoms. The van der Waals surface area contributed by atoms with E-state index in [1.807, 2.05) is 6.07 Å². The van der Waals surface area contributed by atoms with Crippen LogP contribution in [0, 0.1) is 21.4 Å². The molecule has 0 saturated heterocycles. The minimum Gasteiger partial charge on any atom is -0.493 e. The van der Waals surface area contributed by atoms with Crippen molar-refractivity contribution in [2.75, 3.05) is 20.2 Å². The molecule has 1 aromatic carbocycles. The number of ether oxygens (including phenoxy) is 1. The number of nitriles is 1. The molecule has 0 bridgehead atoms. The van der Waals surface area contributed by atoms with Gasteiger partial charge in [-0.05, 0) is 6.07 Å². The minimum atomic E-state index is -0.515. The molecule has 21 heavy (non-hydrogen) atoms. The number of carbonyl (C=O) groups excluding carboxylic acids is 1. The first kappa shape index (κ1) is 16.9. The zero-order chi connectivity index (χ0) is 15.8. The second-order valence-electron chi connectivity index (χ2n) is 4.22. The predicted molar refractivity (Wildman–Crippen MR) is 78.8 cm³/mol. The Kier molecular flexibility index (Phi) is 6.62. The van der Waals surface area contributed by atoms with Gasteiger partial charge in [-0.25, -0.2) is 0 Å². The maximum atomic E-state index is 11.7. The lowest BCUT2D eigenvalue weighted by atomic mass is 10.3. The third kappa shape index (κ3) is 5.79. The molecule has 0 heterocycles. The van der Waals surface area contributed by atoms with Crippen molar-refractivity contribution in [3.63, 3.8) is 0 Å². The van der Waals surface area contributed by atoms with Gasteiger partial charge in [0.25, 0.3) is 5.69 Å². The number of hydrogen-bond donors (Lipinski definition) is 0. The van der Waals surface area contributed by atoms with E-state index in [1.165, 1.54) is 17.0 Å². The number of carbonyl (C=O) groups is 1. The highest BCUT2D eigenvalue weighted by atomic mass is 79.9. The Labute approximate surface area is 130 Å². The van der Waals surface area contributed by atoms with Gasteiger partial charge in [-0.15, -0.1) is 0 Å². The largest absolute Gasteiger partial charge is 0.493 e. The number of nitro groups is 1. The van der Waals surface area contributed by atoms with Crippen molar-refractivity contribution < 1.29 is 14.5 Å². The molecule has 0 atom stereocenters. The van der Waals surface area contributed by atoms with E-state index in [4.69, 9.17) is 10.00 Å². The van der Waals surface area contributed by atoms with Gasteiger partial charge < -0.3 is 9.64 Å². The van der Waals surface area contributed by atoms with Crippen molar-refractivity contribution in [3.05, 3.63) is 32.8 Å². The van der Waals surface area contributed by atoms with Crippen LogP contribution in [0.5, 0.6) is 5.75 Å². The molecule has 1 rings (SSSR count). The first-order valence-corrected chi connectivity index (χ1v) is 6.92. The number of nitrogens with zero attached hydrogens (tertiary/aromatic N) is 3. The van der Waals surface area contributed by atoms with Gasteiger partial charge in [-0.3, -0.25) is 14.9 Å². The summed E-state index contributed by atoms with van der Waals surface area (Å²) in [5, 5.41) is 19.2. The fraction of sp³-hybridized carbons (Fsp3) is 0.385. The van der Waals surface area contributed by atoms with E-state index in [-0.39, 0.29) is 31.0 Å². The van der Waals surface area contributed by atoms with E-state index in [9.17, 15) is 14.9 Å². The van der Waals surface area contributed by atoms with Gasteiger partial charge in [0.2, 0.25) is 5.91 Å². The van der Waals surface area contributed by atoms with Crippen LogP contribution in [0.2, 0.25) is 0 Å². The molecular weight excluding hydrogens is 342 g/mol. The van der Waals surface area contributed by atoms with Crippen molar-refractivity contribution >= 4 is 27.5 Å². The van der Waals surface area contributed by atoms with Gasteiger partial charge >= 0.3 is 0 Å². The Hall–Kier alpha value is -2.14. The van der Waals surface area contributed by atoms with E-state index < -0.39 is 4.92 Å². The molecule has 0 aliphatic heterocycles. The molecule has 0 saturated carbocycles. The zero-order valence-electron chi connectivity index (χ0n) is 11.4. The fourth-order valence-corrected chi connectivity index (χ4v) is 1.99. The van der Waals surface area contributed by atoms with Crippen LogP contribution in [0.4, 0.5) is 5.69 Å². The van der Waals surface area contributed by atoms with E-state index in [1.54, 1.807) is 13.1 Å². The van der Waals surface area contributed by atoms with Gasteiger partial charge in [-0.1, -0.05) is 15.9 Å². The van der Waals surface area contributed by atoms with Crippen LogP contribution in [-0.2, 0) is 4.79 Å². The highest BCUT2D eigenvalue weighted by Gasteiger charge is 2.11. The zero-order valence-corrected chi connectivity index (χ0v) is 13.0. The molecule has 8 heteroatoms. The summed E-state index contributed by atoms with van der Waals surface area (Å²) in [5.41, 5.74) is -0.0863. The van der Waals surface area contributed by atoms with Crippen molar-refractivity contribution in [3.8, 4) is 11.8 Å². The van der Waals surface area contributed by atoms with Gasteiger partial charge in [0, 0.05) is 24.1 Å². The molecule has 0 aliphatic carbocycles. The molecule has 7 nitrogen and oxygen atoms in total. The van der Waals surface area contributed by atoms with Crippen LogP contribution in [0.3, 0.4) is 0 Å². The van der Waals surface area contributed by atoms with Crippen LogP contribution in [-0.4, -0.2) is 35.9 Å². The van der Waals surface area contributed by atoms with E-state index in [0.717, 1.165) is 0 Å². The lowest BCUT2D eigenvalue weighted by Crippen LogP contribution is -2.28. The summed E-state index contributed by atoms with van der Waals surface area (Å²) in [6, 6.07) is 6.23. The van der Waals surface area contributed by atoms with Crippen LogP contribution in [0.25, 0.3) is 0 Å². The molecule has 112 valence electrons. The molecule has 1 aromatic rings. The third-order valence-corrected chi connectivity index (χ3v) is 3.09. The highest BCUT2D eigenvalue weighted by molar-refractivity contribution is 9.10. The quantitative estimate of drug-likeness (QED) is 0.552. The fourth-order valence-electron chi connectivity index (χ4n) is 1.53. The van der Waals surface area contributed by atoms with Crippen molar-refractivity contribution in [1.82, 2.24) is 4.90 Å². The molecular formula is C13H14BrN3O4. The molecule has 0 radical (unpaired) electrons. The van der Waals surface area contributed by atoms with Crippen LogP contribution in [0.15, 0.2) is 22.7 Å². The van der Waals surface area contributed by atoms with Gasteiger partial charge in [0.05, 0.1) is 36.5 Å². The molecule has 0 aromatic heterocycles. The van der Waals surface area contributed by atoms with Crippen molar-refractivity contribution in [2.24, 2.45) is 0 Å². The number of benzene rings is 1. The summed E-state index contributed by atoms with van der Waals surface area (Å²) in [7, 11) is 1.61. The second kappa shape index (κ2) is 8.21. The van der Waals surface area contributed by atoms with Crippen LogP contribution in [0.1, 0.15) is 12.8 Å². The Morgan fingerprint density at radius 2 is 2.24 bits per heavy atom. The maximum Gasteiger partial charge on any atom is 0.274 e. The number of non-ortho nitro benzene ring substituents is 1. The Bertz CT molecular complexity index is 571. The Morgan fingerprint density at radius 1 is 1.52 bits per heavy atom. The molecule has 0 N–H and O–H groups in total. The molecule has 0 fully saturated rings. The number of halogens is 1. The SMILES string of the molecule is CN(CCC#N)C(=O)CCOc1cc(Br)cc([N+](=O)[O-])c1. The van der Waals surface area contributed by atoms with Crippen molar-refractivity contribution in [1.29, 1.82) is 5.26 Å². The summed E-state index contributed by atoms with van der Waals surface area (Å²) in [5.74, 6) is 0.179. The second-order valence-corrected chi connectivity index (χ2v) is 5.14. The summed E-state index contributed by atoms with van der Waals surface area (Å²) < 4.78 is 5.89. The minimum absolute atomic E-state index is 0.0863. The number of nitro benzene ring substituents is 1. The van der Waals surface area contributed by atoms with E-state index in [2.05, 4.69) is 15.9 Å². The first-order chi connectivity index (χ1) is 9.93. The highest BCUT2D eigenvalue weighted by Crippen LogP contribution is 2.26. The predicted octanol–water partition coefficient (Wildman–Crippen LogP) is 2.50.